The van der Waals surface area contributed by atoms with Crippen molar-refractivity contribution in [1.82, 2.24) is 0 Å². The number of phenolic OH excluding ortho intramolecular Hbond substituents is 1. The topological polar surface area (TPSA) is 57.5 Å². The third-order valence-corrected chi connectivity index (χ3v) is 5.88. The molecule has 3 heteroatoms. The molecule has 3 rings (SSSR count). The fourth-order valence-electron chi connectivity index (χ4n) is 4.00. The van der Waals surface area contributed by atoms with Gasteiger partial charge in [-0.1, -0.05) is 44.2 Å². The van der Waals surface area contributed by atoms with E-state index < -0.39 is 5.97 Å². The highest BCUT2D eigenvalue weighted by Gasteiger charge is 2.30. The number of benzene rings is 3. The van der Waals surface area contributed by atoms with Gasteiger partial charge < -0.3 is 10.2 Å². The number of rotatable bonds is 7. The first kappa shape index (κ1) is 19.7. The summed E-state index contributed by atoms with van der Waals surface area (Å²) in [5, 5.41) is 21.6. The van der Waals surface area contributed by atoms with E-state index in [4.69, 9.17) is 5.11 Å². The second kappa shape index (κ2) is 7.89. The Hall–Kier alpha value is -3.07. The predicted molar refractivity (Wildman–Crippen MR) is 115 cm³/mol. The van der Waals surface area contributed by atoms with E-state index in [9.17, 15) is 9.90 Å². The Kier molecular flexibility index (Phi) is 5.55. The van der Waals surface area contributed by atoms with Crippen LogP contribution >= 0.6 is 0 Å². The Balaban J connectivity index is 2.10. The SMILES string of the molecule is C=CCC(CC)(CC)c1cc(-c2ccc3cc(C(=O)O)ccc3c2)ccc1O. The maximum absolute atomic E-state index is 11.2. The number of hydrogen-bond acceptors (Lipinski definition) is 2. The van der Waals surface area contributed by atoms with E-state index in [0.717, 1.165) is 46.7 Å². The first-order chi connectivity index (χ1) is 13.4. The quantitative estimate of drug-likeness (QED) is 0.461. The molecule has 0 aromatic heterocycles. The number of allylic oxidation sites excluding steroid dienone is 1. The molecule has 0 saturated heterocycles. The molecule has 0 atom stereocenters. The van der Waals surface area contributed by atoms with E-state index in [2.05, 4.69) is 32.6 Å². The minimum absolute atomic E-state index is 0.130. The number of aromatic carboxylic acids is 1. The van der Waals surface area contributed by atoms with Crippen molar-refractivity contribution in [3.63, 3.8) is 0 Å². The van der Waals surface area contributed by atoms with Crippen molar-refractivity contribution in [3.8, 4) is 16.9 Å². The number of carbonyl (C=O) groups is 1. The molecule has 0 amide bonds. The molecule has 3 nitrogen and oxygen atoms in total. The number of hydrogen-bond donors (Lipinski definition) is 2. The lowest BCUT2D eigenvalue weighted by Crippen LogP contribution is -2.23. The highest BCUT2D eigenvalue weighted by Crippen LogP contribution is 2.42. The number of phenols is 1. The van der Waals surface area contributed by atoms with Gasteiger partial charge in [-0.2, -0.15) is 0 Å². The molecule has 144 valence electrons. The molecule has 0 radical (unpaired) electrons. The lowest BCUT2D eigenvalue weighted by molar-refractivity contribution is 0.0697. The van der Waals surface area contributed by atoms with E-state index in [0.29, 0.717) is 5.75 Å². The molecule has 0 spiro atoms. The van der Waals surface area contributed by atoms with Crippen molar-refractivity contribution in [1.29, 1.82) is 0 Å². The molecule has 3 aromatic rings. The summed E-state index contributed by atoms with van der Waals surface area (Å²) in [6.45, 7) is 8.20. The highest BCUT2D eigenvalue weighted by atomic mass is 16.4. The Morgan fingerprint density at radius 1 is 0.964 bits per heavy atom. The zero-order valence-corrected chi connectivity index (χ0v) is 16.4. The fourth-order valence-corrected chi connectivity index (χ4v) is 4.00. The first-order valence-corrected chi connectivity index (χ1v) is 9.66. The standard InChI is InChI=1S/C25H26O3/c1-4-13-25(5-2,6-3)22-16-20(11-12-23(22)26)18-7-8-19-15-21(24(27)28)10-9-17(19)14-18/h4,7-12,14-16,26H,1,5-6,13H2,2-3H3,(H,27,28). The number of carboxylic acids is 1. The Bertz CT molecular complexity index is 1030. The summed E-state index contributed by atoms with van der Waals surface area (Å²) in [4.78, 5) is 11.2. The van der Waals surface area contributed by atoms with E-state index in [1.54, 1.807) is 18.2 Å². The summed E-state index contributed by atoms with van der Waals surface area (Å²) in [5.41, 5.74) is 3.18. The van der Waals surface area contributed by atoms with Gasteiger partial charge in [-0.3, -0.25) is 0 Å². The van der Waals surface area contributed by atoms with E-state index in [1.807, 2.05) is 30.3 Å². The summed E-state index contributed by atoms with van der Waals surface area (Å²) in [5.74, 6) is -0.604. The van der Waals surface area contributed by atoms with Crippen LogP contribution in [0.25, 0.3) is 21.9 Å². The van der Waals surface area contributed by atoms with Gasteiger partial charge >= 0.3 is 5.97 Å². The van der Waals surface area contributed by atoms with E-state index in [-0.39, 0.29) is 11.0 Å². The van der Waals surface area contributed by atoms with Gasteiger partial charge in [-0.15, -0.1) is 6.58 Å². The Labute approximate surface area is 166 Å². The summed E-state index contributed by atoms with van der Waals surface area (Å²) >= 11 is 0. The van der Waals surface area contributed by atoms with E-state index in [1.165, 1.54) is 0 Å². The third-order valence-electron chi connectivity index (χ3n) is 5.88. The molecule has 0 aliphatic rings. The number of aromatic hydroxyl groups is 1. The Morgan fingerprint density at radius 2 is 1.57 bits per heavy atom. The van der Waals surface area contributed by atoms with Crippen LogP contribution in [-0.2, 0) is 5.41 Å². The van der Waals surface area contributed by atoms with Crippen molar-refractivity contribution in [3.05, 3.63) is 78.4 Å². The second-order valence-corrected chi connectivity index (χ2v) is 7.29. The van der Waals surface area contributed by atoms with Crippen LogP contribution in [0.1, 0.15) is 49.0 Å². The summed E-state index contributed by atoms with van der Waals surface area (Å²) in [6, 6.07) is 16.9. The van der Waals surface area contributed by atoms with Crippen LogP contribution in [0.15, 0.2) is 67.3 Å². The molecule has 0 unspecified atom stereocenters. The maximum atomic E-state index is 11.2. The zero-order valence-electron chi connectivity index (χ0n) is 16.4. The van der Waals surface area contributed by atoms with Crippen LogP contribution < -0.4 is 0 Å². The van der Waals surface area contributed by atoms with Crippen LogP contribution in [0.5, 0.6) is 5.75 Å². The van der Waals surface area contributed by atoms with Gasteiger partial charge in [0.2, 0.25) is 0 Å². The lowest BCUT2D eigenvalue weighted by atomic mass is 9.72. The van der Waals surface area contributed by atoms with Gasteiger partial charge in [0, 0.05) is 11.0 Å². The van der Waals surface area contributed by atoms with E-state index >= 15 is 0 Å². The van der Waals surface area contributed by atoms with Gasteiger partial charge in [-0.25, -0.2) is 4.79 Å². The first-order valence-electron chi connectivity index (χ1n) is 9.66. The molecule has 0 aliphatic carbocycles. The Morgan fingerprint density at radius 3 is 2.21 bits per heavy atom. The van der Waals surface area contributed by atoms with Gasteiger partial charge in [0.15, 0.2) is 0 Å². The van der Waals surface area contributed by atoms with Crippen molar-refractivity contribution < 1.29 is 15.0 Å². The zero-order chi connectivity index (χ0) is 20.3. The van der Waals surface area contributed by atoms with Crippen molar-refractivity contribution in [2.24, 2.45) is 0 Å². The molecule has 0 bridgehead atoms. The van der Waals surface area contributed by atoms with Crippen molar-refractivity contribution >= 4 is 16.7 Å². The van der Waals surface area contributed by atoms with Crippen molar-refractivity contribution in [2.75, 3.05) is 0 Å². The maximum Gasteiger partial charge on any atom is 0.335 e. The van der Waals surface area contributed by atoms with Crippen LogP contribution in [0.3, 0.4) is 0 Å². The van der Waals surface area contributed by atoms with Gasteiger partial charge in [0.05, 0.1) is 5.56 Å². The number of fused-ring (bicyclic) bond motifs is 1. The average Bonchev–Trinajstić information content (AvgIpc) is 2.72. The summed E-state index contributed by atoms with van der Waals surface area (Å²) < 4.78 is 0. The highest BCUT2D eigenvalue weighted by molar-refractivity contribution is 5.95. The molecule has 0 saturated carbocycles. The number of carboxylic acid groups (broad SMARTS) is 1. The second-order valence-electron chi connectivity index (χ2n) is 7.29. The molecule has 3 aromatic carbocycles. The summed E-state index contributed by atoms with van der Waals surface area (Å²) in [6.07, 6.45) is 4.58. The van der Waals surface area contributed by atoms with Crippen LogP contribution in [0.2, 0.25) is 0 Å². The van der Waals surface area contributed by atoms with Crippen LogP contribution in [-0.4, -0.2) is 16.2 Å². The molecule has 0 aliphatic heterocycles. The van der Waals surface area contributed by atoms with Crippen molar-refractivity contribution in [2.45, 2.75) is 38.5 Å². The molecular formula is C25H26O3. The third kappa shape index (κ3) is 3.53. The minimum atomic E-state index is -0.924. The van der Waals surface area contributed by atoms with Gasteiger partial charge in [0.25, 0.3) is 0 Å². The van der Waals surface area contributed by atoms with Crippen LogP contribution in [0, 0.1) is 0 Å². The summed E-state index contributed by atoms with van der Waals surface area (Å²) in [7, 11) is 0. The van der Waals surface area contributed by atoms with Gasteiger partial charge in [-0.05, 0) is 71.5 Å². The average molecular weight is 374 g/mol. The normalized spacial score (nSPS) is 11.5. The molecular weight excluding hydrogens is 348 g/mol. The monoisotopic (exact) mass is 374 g/mol. The molecule has 2 N–H and O–H groups in total. The molecule has 0 heterocycles. The van der Waals surface area contributed by atoms with Gasteiger partial charge in [0.1, 0.15) is 5.75 Å². The fraction of sp³-hybridized carbons (Fsp3) is 0.240. The van der Waals surface area contributed by atoms with Crippen LogP contribution in [0.4, 0.5) is 0 Å². The minimum Gasteiger partial charge on any atom is -0.508 e. The lowest BCUT2D eigenvalue weighted by Gasteiger charge is -2.32. The smallest absolute Gasteiger partial charge is 0.335 e. The largest absolute Gasteiger partial charge is 0.508 e. The molecule has 28 heavy (non-hydrogen) atoms. The molecule has 0 fully saturated rings. The predicted octanol–water partition coefficient (Wildman–Crippen LogP) is 6.54.